The Kier molecular flexibility index (Phi) is 5.53. The largest absolute Gasteiger partial charge is 0.450 e. The smallest absolute Gasteiger partial charge is 0.409 e. The van der Waals surface area contributed by atoms with E-state index in [2.05, 4.69) is 26.1 Å². The van der Waals surface area contributed by atoms with Crippen molar-refractivity contribution in [3.8, 4) is 0 Å². The maximum absolute atomic E-state index is 12.1. The average molecular weight is 296 g/mol. The number of carbonyl (C=O) groups is 1. The van der Waals surface area contributed by atoms with Crippen LogP contribution < -0.4 is 5.32 Å². The number of nitrogens with one attached hydrogen (secondary N) is 1. The monoisotopic (exact) mass is 296 g/mol. The lowest BCUT2D eigenvalue weighted by molar-refractivity contribution is 0.0750. The van der Waals surface area contributed by atoms with E-state index in [0.29, 0.717) is 18.6 Å². The molecule has 4 heteroatoms. The third kappa shape index (κ3) is 5.85. The molecule has 0 aromatic rings. The van der Waals surface area contributed by atoms with E-state index in [9.17, 15) is 4.79 Å². The molecule has 21 heavy (non-hydrogen) atoms. The van der Waals surface area contributed by atoms with Crippen molar-refractivity contribution in [2.45, 2.75) is 59.4 Å². The zero-order chi connectivity index (χ0) is 15.5. The van der Waals surface area contributed by atoms with Crippen molar-refractivity contribution in [3.63, 3.8) is 0 Å². The Balaban J connectivity index is 1.90. The first kappa shape index (κ1) is 16.6. The molecule has 1 saturated carbocycles. The fourth-order valence-electron chi connectivity index (χ4n) is 3.16. The Morgan fingerprint density at radius 2 is 1.95 bits per heavy atom. The van der Waals surface area contributed by atoms with Gasteiger partial charge in [0.15, 0.2) is 0 Å². The summed E-state index contributed by atoms with van der Waals surface area (Å²) in [7, 11) is 0. The summed E-state index contributed by atoms with van der Waals surface area (Å²) in [6, 6.07) is 0.408. The minimum absolute atomic E-state index is 0.138. The molecule has 1 aliphatic heterocycles. The number of amides is 1. The van der Waals surface area contributed by atoms with E-state index in [-0.39, 0.29) is 11.5 Å². The summed E-state index contributed by atoms with van der Waals surface area (Å²) in [5.74, 6) is 1.55. The first-order valence-corrected chi connectivity index (χ1v) is 8.52. The third-order valence-electron chi connectivity index (χ3n) is 4.35. The molecule has 2 unspecified atom stereocenters. The summed E-state index contributed by atoms with van der Waals surface area (Å²) in [5, 5.41) is 3.66. The number of rotatable bonds is 5. The van der Waals surface area contributed by atoms with Crippen LogP contribution in [0, 0.1) is 17.3 Å². The Morgan fingerprint density at radius 1 is 1.24 bits per heavy atom. The summed E-state index contributed by atoms with van der Waals surface area (Å²) in [6.45, 7) is 11.7. The van der Waals surface area contributed by atoms with Gasteiger partial charge in [-0.3, -0.25) is 0 Å². The molecule has 1 heterocycles. The second kappa shape index (κ2) is 6.99. The molecule has 122 valence electrons. The van der Waals surface area contributed by atoms with Crippen LogP contribution in [0.25, 0.3) is 0 Å². The van der Waals surface area contributed by atoms with E-state index in [4.69, 9.17) is 4.74 Å². The van der Waals surface area contributed by atoms with Gasteiger partial charge < -0.3 is 15.0 Å². The van der Waals surface area contributed by atoms with Gasteiger partial charge in [-0.1, -0.05) is 33.6 Å². The standard InChI is InChI=1S/C17H32N2O2/c1-5-21-16(20)19-10-14(8-13-6-7-13)9-15(11-19)18-12-17(2,3)4/h13-15,18H,5-12H2,1-4H3. The predicted molar refractivity (Wildman–Crippen MR) is 85.3 cm³/mol. The normalized spacial score (nSPS) is 26.8. The van der Waals surface area contributed by atoms with E-state index in [1.165, 1.54) is 25.7 Å². The van der Waals surface area contributed by atoms with Crippen LogP contribution in [0.1, 0.15) is 53.4 Å². The fraction of sp³-hybridized carbons (Fsp3) is 0.941. The molecule has 1 N–H and O–H groups in total. The van der Waals surface area contributed by atoms with Crippen LogP contribution in [-0.4, -0.2) is 43.3 Å². The molecule has 1 saturated heterocycles. The van der Waals surface area contributed by atoms with Crippen LogP contribution >= 0.6 is 0 Å². The number of piperidine rings is 1. The maximum Gasteiger partial charge on any atom is 0.409 e. The highest BCUT2D eigenvalue weighted by Gasteiger charge is 2.34. The van der Waals surface area contributed by atoms with Gasteiger partial charge in [0, 0.05) is 25.7 Å². The van der Waals surface area contributed by atoms with Gasteiger partial charge >= 0.3 is 6.09 Å². The van der Waals surface area contributed by atoms with Crippen LogP contribution in [0.5, 0.6) is 0 Å². The molecule has 0 aromatic carbocycles. The first-order chi connectivity index (χ1) is 9.87. The maximum atomic E-state index is 12.1. The van der Waals surface area contributed by atoms with Gasteiger partial charge in [0.05, 0.1) is 6.61 Å². The van der Waals surface area contributed by atoms with E-state index in [0.717, 1.165) is 25.6 Å². The van der Waals surface area contributed by atoms with Crippen LogP contribution in [0.15, 0.2) is 0 Å². The minimum atomic E-state index is -0.138. The number of hydrogen-bond donors (Lipinski definition) is 1. The van der Waals surface area contributed by atoms with Crippen LogP contribution in [0.2, 0.25) is 0 Å². The molecule has 0 bridgehead atoms. The molecule has 2 fully saturated rings. The molecule has 1 aliphatic carbocycles. The number of likely N-dealkylation sites (tertiary alicyclic amines) is 1. The lowest BCUT2D eigenvalue weighted by Crippen LogP contribution is -2.52. The average Bonchev–Trinajstić information content (AvgIpc) is 3.19. The summed E-state index contributed by atoms with van der Waals surface area (Å²) in [5.41, 5.74) is 0.276. The summed E-state index contributed by atoms with van der Waals surface area (Å²) in [4.78, 5) is 14.0. The molecule has 2 atom stereocenters. The first-order valence-electron chi connectivity index (χ1n) is 8.52. The van der Waals surface area contributed by atoms with Crippen molar-refractivity contribution in [1.82, 2.24) is 10.2 Å². The van der Waals surface area contributed by atoms with Crippen molar-refractivity contribution in [2.75, 3.05) is 26.2 Å². The highest BCUT2D eigenvalue weighted by molar-refractivity contribution is 5.67. The number of hydrogen-bond acceptors (Lipinski definition) is 3. The number of nitrogens with zero attached hydrogens (tertiary/aromatic N) is 1. The second-order valence-corrected chi connectivity index (χ2v) is 8.02. The Labute approximate surface area is 129 Å². The van der Waals surface area contributed by atoms with E-state index >= 15 is 0 Å². The molecule has 4 nitrogen and oxygen atoms in total. The van der Waals surface area contributed by atoms with Gasteiger partial charge in [0.1, 0.15) is 0 Å². The van der Waals surface area contributed by atoms with Crippen molar-refractivity contribution >= 4 is 6.09 Å². The molecule has 0 radical (unpaired) electrons. The molecule has 0 spiro atoms. The summed E-state index contributed by atoms with van der Waals surface area (Å²) < 4.78 is 5.20. The van der Waals surface area contributed by atoms with Gasteiger partial charge in [-0.2, -0.15) is 0 Å². The molecular weight excluding hydrogens is 264 g/mol. The SMILES string of the molecule is CCOC(=O)N1CC(CC2CC2)CC(NCC(C)(C)C)C1. The Morgan fingerprint density at radius 3 is 2.52 bits per heavy atom. The minimum Gasteiger partial charge on any atom is -0.450 e. The van der Waals surface area contributed by atoms with Crippen molar-refractivity contribution < 1.29 is 9.53 Å². The lowest BCUT2D eigenvalue weighted by Gasteiger charge is -2.38. The van der Waals surface area contributed by atoms with Gasteiger partial charge in [0.25, 0.3) is 0 Å². The van der Waals surface area contributed by atoms with Crippen molar-refractivity contribution in [3.05, 3.63) is 0 Å². The lowest BCUT2D eigenvalue weighted by atomic mass is 9.89. The molecule has 1 amide bonds. The van der Waals surface area contributed by atoms with Gasteiger partial charge in [-0.25, -0.2) is 4.79 Å². The zero-order valence-corrected chi connectivity index (χ0v) is 14.2. The summed E-state index contributed by atoms with van der Waals surface area (Å²) >= 11 is 0. The highest BCUT2D eigenvalue weighted by Crippen LogP contribution is 2.38. The number of carbonyl (C=O) groups excluding carboxylic acids is 1. The molecule has 2 rings (SSSR count). The van der Waals surface area contributed by atoms with Gasteiger partial charge in [-0.15, -0.1) is 0 Å². The quantitative estimate of drug-likeness (QED) is 0.846. The van der Waals surface area contributed by atoms with Crippen LogP contribution in [-0.2, 0) is 4.74 Å². The summed E-state index contributed by atoms with van der Waals surface area (Å²) in [6.07, 6.45) is 5.11. The third-order valence-corrected chi connectivity index (χ3v) is 4.35. The molecule has 0 aromatic heterocycles. The van der Waals surface area contributed by atoms with Crippen LogP contribution in [0.4, 0.5) is 4.79 Å². The molecular formula is C17H32N2O2. The van der Waals surface area contributed by atoms with Crippen molar-refractivity contribution in [1.29, 1.82) is 0 Å². The fourth-order valence-corrected chi connectivity index (χ4v) is 3.16. The van der Waals surface area contributed by atoms with E-state index in [1.54, 1.807) is 0 Å². The predicted octanol–water partition coefficient (Wildman–Crippen LogP) is 3.27. The zero-order valence-electron chi connectivity index (χ0n) is 14.2. The van der Waals surface area contributed by atoms with E-state index in [1.807, 2.05) is 11.8 Å². The Hall–Kier alpha value is -0.770. The van der Waals surface area contributed by atoms with Gasteiger partial charge in [0.2, 0.25) is 0 Å². The van der Waals surface area contributed by atoms with E-state index < -0.39 is 0 Å². The highest BCUT2D eigenvalue weighted by atomic mass is 16.6. The van der Waals surface area contributed by atoms with Crippen LogP contribution in [0.3, 0.4) is 0 Å². The number of ether oxygens (including phenoxy) is 1. The molecule has 2 aliphatic rings. The Bertz CT molecular complexity index is 347. The van der Waals surface area contributed by atoms with Gasteiger partial charge in [-0.05, 0) is 37.0 Å². The van der Waals surface area contributed by atoms with Crippen molar-refractivity contribution in [2.24, 2.45) is 17.3 Å². The topological polar surface area (TPSA) is 41.6 Å². The second-order valence-electron chi connectivity index (χ2n) is 8.02.